The van der Waals surface area contributed by atoms with E-state index in [2.05, 4.69) is 26.1 Å². The van der Waals surface area contributed by atoms with Crippen LogP contribution in [0.5, 0.6) is 0 Å². The highest BCUT2D eigenvalue weighted by atomic mass is 16.2. The van der Waals surface area contributed by atoms with Gasteiger partial charge < -0.3 is 5.32 Å². The third-order valence-electron chi connectivity index (χ3n) is 7.79. The van der Waals surface area contributed by atoms with Crippen LogP contribution in [0.25, 0.3) is 0 Å². The Morgan fingerprint density at radius 2 is 1.78 bits per heavy atom. The van der Waals surface area contributed by atoms with E-state index in [0.29, 0.717) is 29.9 Å². The molecule has 1 aromatic carbocycles. The molecule has 3 amide bonds. The Kier molecular flexibility index (Phi) is 4.17. The first-order valence-electron chi connectivity index (χ1n) is 10.0. The van der Waals surface area contributed by atoms with Gasteiger partial charge in [0, 0.05) is 19.0 Å². The Morgan fingerprint density at radius 1 is 1.15 bits per heavy atom. The van der Waals surface area contributed by atoms with Crippen LogP contribution in [-0.2, 0) is 4.79 Å². The summed E-state index contributed by atoms with van der Waals surface area (Å²) in [7, 11) is 0. The molecular weight excluding hydrogens is 340 g/mol. The molecule has 27 heavy (non-hydrogen) atoms. The first kappa shape index (κ1) is 18.2. The Balaban J connectivity index is 1.30. The minimum absolute atomic E-state index is 0.0289. The number of nitrogens with one attached hydrogen (secondary N) is 1. The molecule has 3 aliphatic rings. The van der Waals surface area contributed by atoms with Gasteiger partial charge in [-0.25, -0.2) is 0 Å². The summed E-state index contributed by atoms with van der Waals surface area (Å²) >= 11 is 0. The maximum atomic E-state index is 12.5. The number of hydrogen-bond acceptors (Lipinski definition) is 3. The van der Waals surface area contributed by atoms with Crippen LogP contribution in [0.15, 0.2) is 24.3 Å². The van der Waals surface area contributed by atoms with E-state index in [-0.39, 0.29) is 41.1 Å². The number of fused-ring (bicyclic) bond motifs is 3. The third kappa shape index (κ3) is 2.62. The molecular formula is C22H28N2O3. The van der Waals surface area contributed by atoms with Crippen molar-refractivity contribution < 1.29 is 14.4 Å². The van der Waals surface area contributed by atoms with Crippen molar-refractivity contribution >= 4 is 17.7 Å². The lowest BCUT2D eigenvalue weighted by atomic mass is 9.69. The van der Waals surface area contributed by atoms with Crippen LogP contribution in [0, 0.1) is 16.7 Å². The second-order valence-electron chi connectivity index (χ2n) is 9.14. The number of nitrogens with zero attached hydrogens (tertiary/aromatic N) is 1. The van der Waals surface area contributed by atoms with Crippen LogP contribution >= 0.6 is 0 Å². The smallest absolute Gasteiger partial charge is 0.261 e. The van der Waals surface area contributed by atoms with E-state index in [4.69, 9.17) is 0 Å². The van der Waals surface area contributed by atoms with Crippen LogP contribution in [-0.4, -0.2) is 35.2 Å². The molecule has 2 fully saturated rings. The molecule has 0 radical (unpaired) electrons. The van der Waals surface area contributed by atoms with Crippen molar-refractivity contribution in [3.63, 3.8) is 0 Å². The van der Waals surface area contributed by atoms with Crippen LogP contribution in [0.1, 0.15) is 73.6 Å². The fourth-order valence-corrected chi connectivity index (χ4v) is 5.53. The van der Waals surface area contributed by atoms with Crippen LogP contribution in [0.4, 0.5) is 0 Å². The van der Waals surface area contributed by atoms with Crippen molar-refractivity contribution in [3.05, 3.63) is 35.4 Å². The lowest BCUT2D eigenvalue weighted by Gasteiger charge is -2.39. The summed E-state index contributed by atoms with van der Waals surface area (Å²) in [5, 5.41) is 3.24. The van der Waals surface area contributed by atoms with Crippen molar-refractivity contribution in [2.75, 3.05) is 6.54 Å². The second-order valence-corrected chi connectivity index (χ2v) is 9.14. The van der Waals surface area contributed by atoms with Gasteiger partial charge in [-0.15, -0.1) is 0 Å². The number of rotatable bonds is 5. The Morgan fingerprint density at radius 3 is 2.30 bits per heavy atom. The normalized spacial score (nSPS) is 30.7. The van der Waals surface area contributed by atoms with Crippen LogP contribution < -0.4 is 5.32 Å². The highest BCUT2D eigenvalue weighted by molar-refractivity contribution is 6.21. The van der Waals surface area contributed by atoms with Gasteiger partial charge in [0.05, 0.1) is 11.1 Å². The number of carbonyl (C=O) groups is 3. The first-order valence-corrected chi connectivity index (χ1v) is 10.0. The molecule has 0 saturated heterocycles. The summed E-state index contributed by atoms with van der Waals surface area (Å²) in [5.74, 6) is 0.212. The lowest BCUT2D eigenvalue weighted by Crippen LogP contribution is -2.47. The van der Waals surface area contributed by atoms with E-state index >= 15 is 0 Å². The quantitative estimate of drug-likeness (QED) is 0.810. The van der Waals surface area contributed by atoms with Crippen molar-refractivity contribution in [2.45, 2.75) is 58.9 Å². The van der Waals surface area contributed by atoms with Crippen molar-refractivity contribution in [2.24, 2.45) is 16.7 Å². The summed E-state index contributed by atoms with van der Waals surface area (Å²) in [6.45, 7) is 7.26. The molecule has 0 spiro atoms. The average Bonchev–Trinajstić information content (AvgIpc) is 3.09. The highest BCUT2D eigenvalue weighted by Gasteiger charge is 2.61. The van der Waals surface area contributed by atoms with Crippen molar-refractivity contribution in [3.8, 4) is 0 Å². The summed E-state index contributed by atoms with van der Waals surface area (Å²) in [6, 6.07) is 7.12. The molecule has 3 atom stereocenters. The minimum Gasteiger partial charge on any atom is -0.353 e. The Labute approximate surface area is 160 Å². The van der Waals surface area contributed by atoms with Gasteiger partial charge in [-0.3, -0.25) is 19.3 Å². The number of carbonyl (C=O) groups excluding carboxylic acids is 3. The predicted octanol–water partition coefficient (Wildman–Crippen LogP) is 3.39. The molecule has 1 aromatic rings. The fraction of sp³-hybridized carbons (Fsp3) is 0.591. The van der Waals surface area contributed by atoms with E-state index < -0.39 is 0 Å². The molecule has 4 rings (SSSR count). The standard InChI is InChI=1S/C22H28N2O3/c1-21(2)14-10-11-22(21,3)17(13-14)23-18(25)9-6-12-24-19(26)15-7-4-5-8-16(15)20(24)27/h4-5,7-8,14,17H,6,9-13H2,1-3H3,(H,23,25). The van der Waals surface area contributed by atoms with Gasteiger partial charge in [0.15, 0.2) is 0 Å². The zero-order valence-electron chi connectivity index (χ0n) is 16.4. The molecule has 5 nitrogen and oxygen atoms in total. The summed E-state index contributed by atoms with van der Waals surface area (Å²) in [4.78, 5) is 38.5. The number of amides is 3. The van der Waals surface area contributed by atoms with Crippen LogP contribution in [0.3, 0.4) is 0 Å². The molecule has 2 bridgehead atoms. The number of hydrogen-bond donors (Lipinski definition) is 1. The van der Waals surface area contributed by atoms with E-state index in [1.807, 2.05) is 0 Å². The Bertz CT molecular complexity index is 781. The zero-order chi connectivity index (χ0) is 19.4. The van der Waals surface area contributed by atoms with E-state index in [0.717, 1.165) is 6.42 Å². The summed E-state index contributed by atoms with van der Waals surface area (Å²) < 4.78 is 0. The van der Waals surface area contributed by atoms with Gasteiger partial charge >= 0.3 is 0 Å². The van der Waals surface area contributed by atoms with Gasteiger partial charge in [-0.2, -0.15) is 0 Å². The molecule has 0 aromatic heterocycles. The molecule has 2 saturated carbocycles. The molecule has 1 heterocycles. The van der Waals surface area contributed by atoms with Gasteiger partial charge in [0.25, 0.3) is 11.8 Å². The van der Waals surface area contributed by atoms with Gasteiger partial charge in [-0.1, -0.05) is 32.9 Å². The van der Waals surface area contributed by atoms with E-state index in [1.165, 1.54) is 17.7 Å². The predicted molar refractivity (Wildman–Crippen MR) is 102 cm³/mol. The molecule has 1 aliphatic heterocycles. The van der Waals surface area contributed by atoms with Gasteiger partial charge in [0.1, 0.15) is 0 Å². The third-order valence-corrected chi connectivity index (χ3v) is 7.79. The zero-order valence-corrected chi connectivity index (χ0v) is 16.4. The molecule has 3 unspecified atom stereocenters. The maximum absolute atomic E-state index is 12.5. The molecule has 5 heteroatoms. The van der Waals surface area contributed by atoms with Crippen molar-refractivity contribution in [1.82, 2.24) is 10.2 Å². The Hall–Kier alpha value is -2.17. The second kappa shape index (κ2) is 6.18. The molecule has 1 N–H and O–H groups in total. The molecule has 144 valence electrons. The fourth-order valence-electron chi connectivity index (χ4n) is 5.53. The highest BCUT2D eigenvalue weighted by Crippen LogP contribution is 2.65. The summed E-state index contributed by atoms with van der Waals surface area (Å²) in [6.07, 6.45) is 4.33. The number of imide groups is 1. The van der Waals surface area contributed by atoms with E-state index in [9.17, 15) is 14.4 Å². The van der Waals surface area contributed by atoms with Crippen LogP contribution in [0.2, 0.25) is 0 Å². The van der Waals surface area contributed by atoms with Crippen molar-refractivity contribution in [1.29, 1.82) is 0 Å². The first-order chi connectivity index (χ1) is 12.8. The van der Waals surface area contributed by atoms with Gasteiger partial charge in [0.2, 0.25) is 5.91 Å². The molecule has 2 aliphatic carbocycles. The average molecular weight is 368 g/mol. The van der Waals surface area contributed by atoms with E-state index in [1.54, 1.807) is 24.3 Å². The lowest BCUT2D eigenvalue weighted by molar-refractivity contribution is -0.123. The minimum atomic E-state index is -0.252. The SMILES string of the molecule is CC1(C)C2CCC1(C)C(NC(=O)CCCN1C(=O)c3ccccc3C1=O)C2. The topological polar surface area (TPSA) is 66.5 Å². The van der Waals surface area contributed by atoms with Gasteiger partial charge in [-0.05, 0) is 54.6 Å². The number of benzene rings is 1. The summed E-state index contributed by atoms with van der Waals surface area (Å²) in [5.41, 5.74) is 1.36. The monoisotopic (exact) mass is 368 g/mol. The maximum Gasteiger partial charge on any atom is 0.261 e. The largest absolute Gasteiger partial charge is 0.353 e.